The molecule has 22 heavy (non-hydrogen) atoms. The standard InChI is InChI=1S/C16H21N5O/c1-11-9-19(2)13-6-4-5-7-14(13)21(10-11)16(22)12-8-18-20(3)15(12)17/h4-8,11H,9-10,17H2,1-3H3/t11-/m1/s1. The minimum Gasteiger partial charge on any atom is -0.383 e. The number of nitrogens with zero attached hydrogens (tertiary/aromatic N) is 4. The number of aromatic nitrogens is 2. The molecule has 0 saturated heterocycles. The van der Waals surface area contributed by atoms with E-state index in [0.717, 1.165) is 17.9 Å². The molecule has 1 amide bonds. The van der Waals surface area contributed by atoms with Gasteiger partial charge in [-0.2, -0.15) is 5.10 Å². The lowest BCUT2D eigenvalue weighted by atomic mass is 10.1. The third-order valence-electron chi connectivity index (χ3n) is 4.12. The molecule has 1 aliphatic heterocycles. The van der Waals surface area contributed by atoms with E-state index in [1.807, 2.05) is 29.2 Å². The van der Waals surface area contributed by atoms with E-state index in [2.05, 4.69) is 24.0 Å². The zero-order valence-corrected chi connectivity index (χ0v) is 13.2. The Hall–Kier alpha value is -2.50. The summed E-state index contributed by atoms with van der Waals surface area (Å²) >= 11 is 0. The van der Waals surface area contributed by atoms with E-state index in [9.17, 15) is 4.79 Å². The number of fused-ring (bicyclic) bond motifs is 1. The van der Waals surface area contributed by atoms with Crippen molar-refractivity contribution in [2.45, 2.75) is 6.92 Å². The molecule has 1 aromatic carbocycles. The Balaban J connectivity index is 2.06. The van der Waals surface area contributed by atoms with Gasteiger partial charge in [0.15, 0.2) is 0 Å². The van der Waals surface area contributed by atoms with Crippen LogP contribution in [0.5, 0.6) is 0 Å². The number of carbonyl (C=O) groups excluding carboxylic acids is 1. The Morgan fingerprint density at radius 2 is 1.91 bits per heavy atom. The zero-order valence-electron chi connectivity index (χ0n) is 13.2. The SMILES string of the molecule is C[C@@H]1CN(C)c2ccccc2N(C(=O)c2cnn(C)c2N)C1. The van der Waals surface area contributed by atoms with Gasteiger partial charge in [-0.25, -0.2) is 0 Å². The van der Waals surface area contributed by atoms with Gasteiger partial charge in [-0.05, 0) is 18.1 Å². The largest absolute Gasteiger partial charge is 0.383 e. The summed E-state index contributed by atoms with van der Waals surface area (Å²) in [5.74, 6) is 0.659. The lowest BCUT2D eigenvalue weighted by Crippen LogP contribution is -2.35. The van der Waals surface area contributed by atoms with Crippen LogP contribution in [0.15, 0.2) is 30.5 Å². The number of benzene rings is 1. The van der Waals surface area contributed by atoms with Crippen molar-refractivity contribution in [3.05, 3.63) is 36.0 Å². The number of amides is 1. The second kappa shape index (κ2) is 5.36. The first kappa shape index (κ1) is 14.4. The van der Waals surface area contributed by atoms with E-state index in [1.54, 1.807) is 13.2 Å². The van der Waals surface area contributed by atoms with Gasteiger partial charge >= 0.3 is 0 Å². The molecule has 0 bridgehead atoms. The molecule has 6 heteroatoms. The average molecular weight is 299 g/mol. The van der Waals surface area contributed by atoms with Crippen LogP contribution in [0, 0.1) is 5.92 Å². The van der Waals surface area contributed by atoms with Crippen LogP contribution in [0.4, 0.5) is 17.2 Å². The first-order chi connectivity index (χ1) is 10.5. The number of carbonyl (C=O) groups is 1. The normalized spacial score (nSPS) is 18.0. The Labute approximate surface area is 130 Å². The van der Waals surface area contributed by atoms with E-state index in [0.29, 0.717) is 23.8 Å². The third-order valence-corrected chi connectivity index (χ3v) is 4.12. The predicted octanol–water partition coefficient (Wildman–Crippen LogP) is 1.73. The van der Waals surface area contributed by atoms with E-state index in [1.165, 1.54) is 4.68 Å². The van der Waals surface area contributed by atoms with Gasteiger partial charge < -0.3 is 15.5 Å². The Kier molecular flexibility index (Phi) is 3.52. The predicted molar refractivity (Wildman–Crippen MR) is 88.2 cm³/mol. The number of nitrogens with two attached hydrogens (primary N) is 1. The number of anilines is 3. The van der Waals surface area contributed by atoms with E-state index in [4.69, 9.17) is 5.73 Å². The molecule has 0 fully saturated rings. The quantitative estimate of drug-likeness (QED) is 0.871. The zero-order chi connectivity index (χ0) is 15.9. The highest BCUT2D eigenvalue weighted by Gasteiger charge is 2.29. The Bertz CT molecular complexity index is 708. The number of rotatable bonds is 1. The van der Waals surface area contributed by atoms with Gasteiger partial charge in [0.25, 0.3) is 5.91 Å². The van der Waals surface area contributed by atoms with Crippen LogP contribution in [0.1, 0.15) is 17.3 Å². The maximum Gasteiger partial charge on any atom is 0.263 e. The number of nitrogen functional groups attached to an aromatic ring is 1. The van der Waals surface area contributed by atoms with Crippen LogP contribution in [-0.2, 0) is 7.05 Å². The van der Waals surface area contributed by atoms with Crippen LogP contribution in [0.2, 0.25) is 0 Å². The maximum atomic E-state index is 13.0. The topological polar surface area (TPSA) is 67.4 Å². The molecule has 2 N–H and O–H groups in total. The van der Waals surface area contributed by atoms with E-state index >= 15 is 0 Å². The average Bonchev–Trinajstić information content (AvgIpc) is 2.77. The molecule has 0 saturated carbocycles. The third kappa shape index (κ3) is 2.30. The van der Waals surface area contributed by atoms with Crippen LogP contribution in [0.3, 0.4) is 0 Å². The van der Waals surface area contributed by atoms with Crippen LogP contribution in [0.25, 0.3) is 0 Å². The summed E-state index contributed by atoms with van der Waals surface area (Å²) in [6.45, 7) is 3.72. The second-order valence-corrected chi connectivity index (χ2v) is 5.96. The molecule has 2 aromatic rings. The second-order valence-electron chi connectivity index (χ2n) is 5.96. The van der Waals surface area contributed by atoms with Gasteiger partial charge in [0.1, 0.15) is 11.4 Å². The summed E-state index contributed by atoms with van der Waals surface area (Å²) in [5, 5.41) is 4.08. The highest BCUT2D eigenvalue weighted by Crippen LogP contribution is 2.33. The van der Waals surface area contributed by atoms with Crippen LogP contribution in [-0.4, -0.2) is 35.8 Å². The maximum absolute atomic E-state index is 13.0. The van der Waals surface area contributed by atoms with Crippen molar-refractivity contribution < 1.29 is 4.79 Å². The molecular formula is C16H21N5O. The molecule has 0 aliphatic carbocycles. The minimum absolute atomic E-state index is 0.0970. The van der Waals surface area contributed by atoms with Crippen molar-refractivity contribution in [1.82, 2.24) is 9.78 Å². The van der Waals surface area contributed by atoms with Gasteiger partial charge in [-0.3, -0.25) is 9.48 Å². The summed E-state index contributed by atoms with van der Waals surface area (Å²) in [5.41, 5.74) is 8.40. The molecule has 1 aliphatic rings. The summed E-state index contributed by atoms with van der Waals surface area (Å²) in [6, 6.07) is 7.97. The number of para-hydroxylation sites is 2. The molecule has 0 unspecified atom stereocenters. The van der Waals surface area contributed by atoms with Gasteiger partial charge in [-0.15, -0.1) is 0 Å². The number of aryl methyl sites for hydroxylation is 1. The smallest absolute Gasteiger partial charge is 0.263 e. The number of hydrogen-bond acceptors (Lipinski definition) is 4. The van der Waals surface area contributed by atoms with Gasteiger partial charge in [0, 0.05) is 27.2 Å². The molecule has 0 radical (unpaired) electrons. The Morgan fingerprint density at radius 1 is 1.23 bits per heavy atom. The van der Waals surface area contributed by atoms with Crippen LogP contribution < -0.4 is 15.5 Å². The van der Waals surface area contributed by atoms with Crippen molar-refractivity contribution in [3.63, 3.8) is 0 Å². The fourth-order valence-electron chi connectivity index (χ4n) is 3.00. The number of hydrogen-bond donors (Lipinski definition) is 1. The van der Waals surface area contributed by atoms with E-state index in [-0.39, 0.29) is 5.91 Å². The highest BCUT2D eigenvalue weighted by atomic mass is 16.2. The lowest BCUT2D eigenvalue weighted by Gasteiger charge is -2.24. The van der Waals surface area contributed by atoms with Crippen molar-refractivity contribution in [1.29, 1.82) is 0 Å². The molecule has 3 rings (SSSR count). The van der Waals surface area contributed by atoms with Gasteiger partial charge in [0.2, 0.25) is 0 Å². The molecule has 1 atom stereocenters. The van der Waals surface area contributed by atoms with Crippen molar-refractivity contribution in [2.24, 2.45) is 13.0 Å². The minimum atomic E-state index is -0.0970. The fourth-order valence-corrected chi connectivity index (χ4v) is 3.00. The van der Waals surface area contributed by atoms with Crippen LogP contribution >= 0.6 is 0 Å². The van der Waals surface area contributed by atoms with Crippen molar-refractivity contribution in [2.75, 3.05) is 35.7 Å². The monoisotopic (exact) mass is 299 g/mol. The summed E-state index contributed by atoms with van der Waals surface area (Å²) in [4.78, 5) is 17.0. The lowest BCUT2D eigenvalue weighted by molar-refractivity contribution is 0.0985. The van der Waals surface area contributed by atoms with Crippen molar-refractivity contribution >= 4 is 23.1 Å². The molecule has 0 spiro atoms. The fraction of sp³-hybridized carbons (Fsp3) is 0.375. The summed E-state index contributed by atoms with van der Waals surface area (Å²) < 4.78 is 1.52. The highest BCUT2D eigenvalue weighted by molar-refractivity contribution is 6.10. The summed E-state index contributed by atoms with van der Waals surface area (Å²) in [7, 11) is 3.79. The molecule has 116 valence electrons. The first-order valence-electron chi connectivity index (χ1n) is 7.38. The van der Waals surface area contributed by atoms with E-state index < -0.39 is 0 Å². The Morgan fingerprint density at radius 3 is 2.55 bits per heavy atom. The van der Waals surface area contributed by atoms with Gasteiger partial charge in [-0.1, -0.05) is 19.1 Å². The molecular weight excluding hydrogens is 278 g/mol. The van der Waals surface area contributed by atoms with Gasteiger partial charge in [0.05, 0.1) is 17.6 Å². The summed E-state index contributed by atoms with van der Waals surface area (Å²) in [6.07, 6.45) is 1.54. The first-order valence-corrected chi connectivity index (χ1v) is 7.38. The molecule has 6 nitrogen and oxygen atoms in total. The van der Waals surface area contributed by atoms with Crippen molar-refractivity contribution in [3.8, 4) is 0 Å². The molecule has 2 heterocycles. The molecule has 1 aromatic heterocycles.